The summed E-state index contributed by atoms with van der Waals surface area (Å²) in [4.78, 5) is 2.42. The molecule has 0 spiro atoms. The molecule has 1 aromatic rings. The molecule has 0 saturated carbocycles. The van der Waals surface area contributed by atoms with E-state index in [2.05, 4.69) is 52.1 Å². The topological polar surface area (TPSA) is 24.5 Å². The van der Waals surface area contributed by atoms with Crippen molar-refractivity contribution >= 4 is 40.7 Å². The van der Waals surface area contributed by atoms with Crippen LogP contribution in [-0.4, -0.2) is 37.7 Å². The summed E-state index contributed by atoms with van der Waals surface area (Å²) >= 11 is 3.54. The Morgan fingerprint density at radius 3 is 2.33 bits per heavy atom. The third-order valence-corrected chi connectivity index (χ3v) is 3.74. The lowest BCUT2D eigenvalue weighted by Crippen LogP contribution is -2.31. The van der Waals surface area contributed by atoms with Crippen molar-refractivity contribution in [2.24, 2.45) is 0 Å². The second kappa shape index (κ2) is 13.6. The minimum absolute atomic E-state index is 0. The number of rotatable bonds is 9. The van der Waals surface area contributed by atoms with Crippen LogP contribution in [-0.2, 0) is 6.54 Å². The summed E-state index contributed by atoms with van der Waals surface area (Å²) in [6.07, 6.45) is 0. The fourth-order valence-electron chi connectivity index (χ4n) is 1.94. The summed E-state index contributed by atoms with van der Waals surface area (Å²) in [5.74, 6) is 0.911. The van der Waals surface area contributed by atoms with Crippen molar-refractivity contribution in [3.05, 3.63) is 28.2 Å². The molecule has 0 fully saturated rings. The first-order valence-electron chi connectivity index (χ1n) is 7.05. The van der Waals surface area contributed by atoms with Crippen LogP contribution in [0.1, 0.15) is 26.3 Å². The molecular formula is C15H27BrCl2N2O. The molecule has 0 saturated heterocycles. The van der Waals surface area contributed by atoms with E-state index in [0.717, 1.165) is 42.9 Å². The van der Waals surface area contributed by atoms with E-state index in [1.165, 1.54) is 5.56 Å². The maximum atomic E-state index is 5.50. The van der Waals surface area contributed by atoms with Gasteiger partial charge in [0.05, 0.1) is 11.1 Å². The number of hydrogen-bond acceptors (Lipinski definition) is 3. The van der Waals surface area contributed by atoms with E-state index in [4.69, 9.17) is 4.74 Å². The number of halogens is 3. The quantitative estimate of drug-likeness (QED) is 0.629. The minimum Gasteiger partial charge on any atom is -0.493 e. The molecule has 3 nitrogen and oxygen atoms in total. The molecule has 1 aromatic carbocycles. The molecule has 0 bridgehead atoms. The Bertz CT molecular complexity index is 377. The van der Waals surface area contributed by atoms with Gasteiger partial charge < -0.3 is 15.0 Å². The summed E-state index contributed by atoms with van der Waals surface area (Å²) in [6.45, 7) is 12.3. The average Bonchev–Trinajstić information content (AvgIpc) is 2.42. The van der Waals surface area contributed by atoms with Gasteiger partial charge in [-0.1, -0.05) is 19.9 Å². The number of nitrogens with one attached hydrogen (secondary N) is 1. The molecule has 1 rings (SSSR count). The smallest absolute Gasteiger partial charge is 0.133 e. The molecule has 0 heterocycles. The highest BCUT2D eigenvalue weighted by Gasteiger charge is 2.02. The molecule has 21 heavy (non-hydrogen) atoms. The molecule has 0 atom stereocenters. The van der Waals surface area contributed by atoms with Gasteiger partial charge >= 0.3 is 0 Å². The molecular weight excluding hydrogens is 375 g/mol. The van der Waals surface area contributed by atoms with Crippen LogP contribution < -0.4 is 10.1 Å². The summed E-state index contributed by atoms with van der Waals surface area (Å²) in [7, 11) is 0. The number of hydrogen-bond donors (Lipinski definition) is 1. The highest BCUT2D eigenvalue weighted by atomic mass is 79.9. The van der Waals surface area contributed by atoms with Gasteiger partial charge in [0.15, 0.2) is 0 Å². The van der Waals surface area contributed by atoms with Gasteiger partial charge in [-0.3, -0.25) is 0 Å². The second-order valence-electron chi connectivity index (χ2n) is 4.40. The lowest BCUT2D eigenvalue weighted by molar-refractivity contribution is 0.302. The van der Waals surface area contributed by atoms with Crippen LogP contribution in [0.5, 0.6) is 5.75 Å². The van der Waals surface area contributed by atoms with Crippen molar-refractivity contribution < 1.29 is 4.74 Å². The van der Waals surface area contributed by atoms with Gasteiger partial charge in [-0.15, -0.1) is 24.8 Å². The Morgan fingerprint density at radius 1 is 1.14 bits per heavy atom. The zero-order chi connectivity index (χ0) is 14.1. The third-order valence-electron chi connectivity index (χ3n) is 3.12. The highest BCUT2D eigenvalue weighted by Crippen LogP contribution is 2.25. The summed E-state index contributed by atoms with van der Waals surface area (Å²) < 4.78 is 6.53. The Hall–Kier alpha value is -0.000000000000000111. The Balaban J connectivity index is 0. The van der Waals surface area contributed by atoms with Gasteiger partial charge in [0, 0.05) is 19.6 Å². The van der Waals surface area contributed by atoms with Crippen molar-refractivity contribution in [3.8, 4) is 5.75 Å². The Kier molecular flexibility index (Phi) is 15.1. The zero-order valence-corrected chi connectivity index (χ0v) is 16.2. The predicted octanol–water partition coefficient (Wildman–Crippen LogP) is 4.12. The standard InChI is InChI=1S/C15H25BrN2O.2ClH/c1-4-18(5-2)10-9-17-12-13-7-8-15(19-6-3)14(16)11-13;;/h7-8,11,17H,4-6,9-10,12H2,1-3H3;2*1H. The first-order chi connectivity index (χ1) is 9.21. The van der Waals surface area contributed by atoms with Crippen molar-refractivity contribution in [3.63, 3.8) is 0 Å². The maximum Gasteiger partial charge on any atom is 0.133 e. The average molecular weight is 402 g/mol. The van der Waals surface area contributed by atoms with Crippen molar-refractivity contribution in [1.82, 2.24) is 10.2 Å². The molecule has 0 aliphatic carbocycles. The number of nitrogens with zero attached hydrogens (tertiary/aromatic N) is 1. The van der Waals surface area contributed by atoms with Gasteiger partial charge in [0.1, 0.15) is 5.75 Å². The lowest BCUT2D eigenvalue weighted by Gasteiger charge is -2.18. The highest BCUT2D eigenvalue weighted by molar-refractivity contribution is 9.10. The van der Waals surface area contributed by atoms with Crippen LogP contribution in [0, 0.1) is 0 Å². The van der Waals surface area contributed by atoms with Gasteiger partial charge in [0.2, 0.25) is 0 Å². The van der Waals surface area contributed by atoms with Gasteiger partial charge in [-0.05, 0) is 53.6 Å². The SMILES string of the molecule is CCOc1ccc(CNCCN(CC)CC)cc1Br.Cl.Cl. The van der Waals surface area contributed by atoms with E-state index in [0.29, 0.717) is 6.61 Å². The number of likely N-dealkylation sites (N-methyl/N-ethyl adjacent to an activating group) is 1. The first kappa shape index (κ1) is 23.3. The fourth-order valence-corrected chi connectivity index (χ4v) is 2.48. The van der Waals surface area contributed by atoms with E-state index < -0.39 is 0 Å². The molecule has 124 valence electrons. The first-order valence-corrected chi connectivity index (χ1v) is 7.84. The van der Waals surface area contributed by atoms with Gasteiger partial charge in [-0.25, -0.2) is 0 Å². The summed E-state index contributed by atoms with van der Waals surface area (Å²) in [6, 6.07) is 6.25. The molecule has 0 radical (unpaired) electrons. The molecule has 0 amide bonds. The van der Waals surface area contributed by atoms with Crippen molar-refractivity contribution in [2.45, 2.75) is 27.3 Å². The van der Waals surface area contributed by atoms with E-state index in [1.54, 1.807) is 0 Å². The largest absolute Gasteiger partial charge is 0.493 e. The number of benzene rings is 1. The molecule has 0 unspecified atom stereocenters. The molecule has 0 aliphatic rings. The van der Waals surface area contributed by atoms with Crippen LogP contribution in [0.2, 0.25) is 0 Å². The molecule has 1 N–H and O–H groups in total. The van der Waals surface area contributed by atoms with E-state index in [9.17, 15) is 0 Å². The van der Waals surface area contributed by atoms with Crippen LogP contribution in [0.3, 0.4) is 0 Å². The second-order valence-corrected chi connectivity index (χ2v) is 5.26. The van der Waals surface area contributed by atoms with E-state index in [1.807, 2.05) is 13.0 Å². The normalized spacial score (nSPS) is 9.95. The monoisotopic (exact) mass is 400 g/mol. The summed E-state index contributed by atoms with van der Waals surface area (Å²) in [5, 5.41) is 3.48. The van der Waals surface area contributed by atoms with Crippen molar-refractivity contribution in [1.29, 1.82) is 0 Å². The van der Waals surface area contributed by atoms with Crippen molar-refractivity contribution in [2.75, 3.05) is 32.8 Å². The minimum atomic E-state index is 0. The van der Waals surface area contributed by atoms with E-state index in [-0.39, 0.29) is 24.8 Å². The van der Waals surface area contributed by atoms with Gasteiger partial charge in [-0.2, -0.15) is 0 Å². The van der Waals surface area contributed by atoms with Gasteiger partial charge in [0.25, 0.3) is 0 Å². The molecule has 0 aliphatic heterocycles. The Morgan fingerprint density at radius 2 is 1.81 bits per heavy atom. The fraction of sp³-hybridized carbons (Fsp3) is 0.600. The lowest BCUT2D eigenvalue weighted by atomic mass is 10.2. The maximum absolute atomic E-state index is 5.50. The Labute approximate surface area is 149 Å². The van der Waals surface area contributed by atoms with Crippen LogP contribution in [0.15, 0.2) is 22.7 Å². The predicted molar refractivity (Wildman–Crippen MR) is 99.3 cm³/mol. The number of ether oxygens (including phenoxy) is 1. The third kappa shape index (κ3) is 8.89. The zero-order valence-electron chi connectivity index (χ0n) is 13.0. The molecule has 0 aromatic heterocycles. The summed E-state index contributed by atoms with van der Waals surface area (Å²) in [5.41, 5.74) is 1.27. The van der Waals surface area contributed by atoms with Crippen LogP contribution in [0.4, 0.5) is 0 Å². The van der Waals surface area contributed by atoms with Crippen LogP contribution >= 0.6 is 40.7 Å². The van der Waals surface area contributed by atoms with Crippen LogP contribution in [0.25, 0.3) is 0 Å². The van der Waals surface area contributed by atoms with E-state index >= 15 is 0 Å². The molecule has 6 heteroatoms.